The number of carbonyl (C=O) groups is 1. The normalized spacial score (nSPS) is 16.2. The molecule has 0 atom stereocenters. The van der Waals surface area contributed by atoms with Gasteiger partial charge in [-0.25, -0.2) is 0 Å². The van der Waals surface area contributed by atoms with Crippen molar-refractivity contribution >= 4 is 29.9 Å². The van der Waals surface area contributed by atoms with Gasteiger partial charge < -0.3 is 14.5 Å². The van der Waals surface area contributed by atoms with Crippen LogP contribution in [0.1, 0.15) is 47.2 Å². The summed E-state index contributed by atoms with van der Waals surface area (Å²) in [5, 5.41) is 0.453. The van der Waals surface area contributed by atoms with Gasteiger partial charge in [0.05, 0.1) is 17.2 Å². The minimum Gasteiger partial charge on any atom is -0.493 e. The standard InChI is InChI=1S/C23H27ClN2O2.ClH/c24-22-15-20(28-14-6-13-25-11-4-1-5-12-25)9-10-21(22)23(27)26-16-18-7-2-3-8-19(18)17-26;/h2-3,7-10,15H,1,4-6,11-14,16-17H2;1H. The molecular weight excluding hydrogens is 407 g/mol. The molecule has 2 aliphatic heterocycles. The molecule has 2 aromatic carbocycles. The number of ether oxygens (including phenoxy) is 1. The van der Waals surface area contributed by atoms with Gasteiger partial charge in [-0.15, -0.1) is 12.4 Å². The van der Waals surface area contributed by atoms with E-state index in [2.05, 4.69) is 17.0 Å². The van der Waals surface area contributed by atoms with Crippen molar-refractivity contribution < 1.29 is 9.53 Å². The number of hydrogen-bond acceptors (Lipinski definition) is 3. The fourth-order valence-electron chi connectivity index (χ4n) is 4.07. The molecule has 0 unspecified atom stereocenters. The lowest BCUT2D eigenvalue weighted by Crippen LogP contribution is -2.31. The first kappa shape index (κ1) is 21.9. The number of carbonyl (C=O) groups excluding carboxylic acids is 1. The van der Waals surface area contributed by atoms with Crippen LogP contribution < -0.4 is 4.74 Å². The first-order valence-corrected chi connectivity index (χ1v) is 10.6. The number of piperidine rings is 1. The second-order valence-corrected chi connectivity index (χ2v) is 8.08. The largest absolute Gasteiger partial charge is 0.493 e. The van der Waals surface area contributed by atoms with E-state index in [0.29, 0.717) is 30.3 Å². The van der Waals surface area contributed by atoms with Crippen molar-refractivity contribution in [1.29, 1.82) is 0 Å². The van der Waals surface area contributed by atoms with E-state index in [4.69, 9.17) is 16.3 Å². The molecule has 6 heteroatoms. The minimum atomic E-state index is -0.0298. The monoisotopic (exact) mass is 434 g/mol. The molecule has 2 aromatic rings. The Morgan fingerprint density at radius 3 is 2.34 bits per heavy atom. The van der Waals surface area contributed by atoms with Gasteiger partial charge >= 0.3 is 0 Å². The van der Waals surface area contributed by atoms with E-state index in [9.17, 15) is 4.79 Å². The Kier molecular flexibility index (Phi) is 7.82. The molecule has 0 radical (unpaired) electrons. The lowest BCUT2D eigenvalue weighted by atomic mass is 10.1. The number of halogens is 2. The van der Waals surface area contributed by atoms with E-state index < -0.39 is 0 Å². The quantitative estimate of drug-likeness (QED) is 0.587. The summed E-state index contributed by atoms with van der Waals surface area (Å²) < 4.78 is 5.85. The maximum absolute atomic E-state index is 12.9. The molecule has 4 nitrogen and oxygen atoms in total. The summed E-state index contributed by atoms with van der Waals surface area (Å²) in [5.41, 5.74) is 2.96. The second kappa shape index (κ2) is 10.3. The number of nitrogens with zero attached hydrogens (tertiary/aromatic N) is 2. The Morgan fingerprint density at radius 2 is 1.69 bits per heavy atom. The fraction of sp³-hybridized carbons (Fsp3) is 0.435. The molecule has 1 fully saturated rings. The van der Waals surface area contributed by atoms with Gasteiger partial charge in [0.1, 0.15) is 5.75 Å². The average Bonchev–Trinajstić information content (AvgIpc) is 3.16. The van der Waals surface area contributed by atoms with Crippen LogP contribution in [0.4, 0.5) is 0 Å². The van der Waals surface area contributed by atoms with Crippen LogP contribution in [0.5, 0.6) is 5.75 Å². The number of hydrogen-bond donors (Lipinski definition) is 0. The Morgan fingerprint density at radius 1 is 1.00 bits per heavy atom. The van der Waals surface area contributed by atoms with Crippen LogP contribution in [-0.4, -0.2) is 41.9 Å². The predicted octanol–water partition coefficient (Wildman–Crippen LogP) is 5.17. The third-order valence-electron chi connectivity index (χ3n) is 5.64. The highest BCUT2D eigenvalue weighted by atomic mass is 35.5. The van der Waals surface area contributed by atoms with E-state index in [-0.39, 0.29) is 18.3 Å². The molecule has 0 spiro atoms. The van der Waals surface area contributed by atoms with Gasteiger partial charge in [-0.2, -0.15) is 0 Å². The van der Waals surface area contributed by atoms with E-state index in [1.807, 2.05) is 23.1 Å². The zero-order valence-corrected chi connectivity index (χ0v) is 18.2. The fourth-order valence-corrected chi connectivity index (χ4v) is 4.32. The smallest absolute Gasteiger partial charge is 0.255 e. The highest BCUT2D eigenvalue weighted by Crippen LogP contribution is 2.28. The van der Waals surface area contributed by atoms with Gasteiger partial charge in [-0.05, 0) is 61.7 Å². The van der Waals surface area contributed by atoms with Crippen molar-refractivity contribution in [3.63, 3.8) is 0 Å². The van der Waals surface area contributed by atoms with Crippen molar-refractivity contribution in [2.45, 2.75) is 38.8 Å². The Bertz CT molecular complexity index is 812. The van der Waals surface area contributed by atoms with Crippen molar-refractivity contribution in [1.82, 2.24) is 9.80 Å². The van der Waals surface area contributed by atoms with Crippen molar-refractivity contribution in [2.75, 3.05) is 26.2 Å². The first-order chi connectivity index (χ1) is 13.7. The maximum atomic E-state index is 12.9. The minimum absolute atomic E-state index is 0. The lowest BCUT2D eigenvalue weighted by Gasteiger charge is -2.26. The topological polar surface area (TPSA) is 32.8 Å². The summed E-state index contributed by atoms with van der Waals surface area (Å²) in [7, 11) is 0. The van der Waals surface area contributed by atoms with E-state index in [1.165, 1.54) is 43.5 Å². The molecule has 1 amide bonds. The number of amides is 1. The van der Waals surface area contributed by atoms with Gasteiger partial charge in [-0.1, -0.05) is 42.3 Å². The van der Waals surface area contributed by atoms with Gasteiger partial charge in [0.2, 0.25) is 0 Å². The molecule has 156 valence electrons. The van der Waals surface area contributed by atoms with Crippen LogP contribution in [-0.2, 0) is 13.1 Å². The van der Waals surface area contributed by atoms with Gasteiger partial charge in [0.25, 0.3) is 5.91 Å². The SMILES string of the molecule is Cl.O=C(c1ccc(OCCCN2CCCCC2)cc1Cl)N1Cc2ccccc2C1. The molecule has 2 heterocycles. The van der Waals surface area contributed by atoms with Crippen molar-refractivity contribution in [3.05, 3.63) is 64.2 Å². The Hall–Kier alpha value is -1.75. The third kappa shape index (κ3) is 5.44. The molecule has 2 aliphatic rings. The summed E-state index contributed by atoms with van der Waals surface area (Å²) in [4.78, 5) is 17.2. The van der Waals surface area contributed by atoms with E-state index >= 15 is 0 Å². The predicted molar refractivity (Wildman–Crippen MR) is 119 cm³/mol. The summed E-state index contributed by atoms with van der Waals surface area (Å²) in [6.07, 6.45) is 4.99. The molecular formula is C23H28Cl2N2O2. The molecule has 0 N–H and O–H groups in total. The van der Waals surface area contributed by atoms with Crippen molar-refractivity contribution in [2.24, 2.45) is 0 Å². The highest BCUT2D eigenvalue weighted by Gasteiger charge is 2.25. The molecule has 0 aliphatic carbocycles. The highest BCUT2D eigenvalue weighted by molar-refractivity contribution is 6.34. The van der Waals surface area contributed by atoms with E-state index in [0.717, 1.165) is 18.7 Å². The number of fused-ring (bicyclic) bond motifs is 1. The Balaban J connectivity index is 0.00000240. The van der Waals surface area contributed by atoms with Crippen LogP contribution >= 0.6 is 24.0 Å². The average molecular weight is 435 g/mol. The Labute approximate surface area is 184 Å². The summed E-state index contributed by atoms with van der Waals surface area (Å²) in [6.45, 7) is 5.45. The van der Waals surface area contributed by atoms with Crippen LogP contribution in [0.25, 0.3) is 0 Å². The van der Waals surface area contributed by atoms with Crippen LogP contribution in [0.2, 0.25) is 5.02 Å². The van der Waals surface area contributed by atoms with Crippen LogP contribution in [0.15, 0.2) is 42.5 Å². The molecule has 0 bridgehead atoms. The molecule has 4 rings (SSSR count). The third-order valence-corrected chi connectivity index (χ3v) is 5.95. The summed E-state index contributed by atoms with van der Waals surface area (Å²) in [6, 6.07) is 13.6. The molecule has 29 heavy (non-hydrogen) atoms. The van der Waals surface area contributed by atoms with Crippen LogP contribution in [0.3, 0.4) is 0 Å². The van der Waals surface area contributed by atoms with Gasteiger partial charge in [0, 0.05) is 19.6 Å². The van der Waals surface area contributed by atoms with Crippen molar-refractivity contribution in [3.8, 4) is 5.75 Å². The summed E-state index contributed by atoms with van der Waals surface area (Å²) >= 11 is 6.41. The van der Waals surface area contributed by atoms with Crippen LogP contribution in [0, 0.1) is 0 Å². The van der Waals surface area contributed by atoms with E-state index in [1.54, 1.807) is 12.1 Å². The first-order valence-electron chi connectivity index (χ1n) is 10.2. The second-order valence-electron chi connectivity index (χ2n) is 7.68. The molecule has 0 aromatic heterocycles. The maximum Gasteiger partial charge on any atom is 0.255 e. The molecule has 0 saturated carbocycles. The zero-order chi connectivity index (χ0) is 19.3. The number of benzene rings is 2. The molecule has 1 saturated heterocycles. The number of likely N-dealkylation sites (tertiary alicyclic amines) is 1. The van der Waals surface area contributed by atoms with Gasteiger partial charge in [-0.3, -0.25) is 4.79 Å². The number of rotatable bonds is 6. The summed E-state index contributed by atoms with van der Waals surface area (Å²) in [5.74, 6) is 0.697. The van der Waals surface area contributed by atoms with Gasteiger partial charge in [0.15, 0.2) is 0 Å². The zero-order valence-electron chi connectivity index (χ0n) is 16.6. The lowest BCUT2D eigenvalue weighted by molar-refractivity contribution is 0.0751.